The first-order valence-electron chi connectivity index (χ1n) is 7.03. The molecule has 2 aromatic rings. The van der Waals surface area contributed by atoms with Gasteiger partial charge in [0.05, 0.1) is 17.1 Å². The topological polar surface area (TPSA) is 56.1 Å². The molecular formula is C16H20ClN3O2. The summed E-state index contributed by atoms with van der Waals surface area (Å²) < 4.78 is 7.46. The molecule has 0 fully saturated rings. The first kappa shape index (κ1) is 16.4. The van der Waals surface area contributed by atoms with E-state index in [2.05, 4.69) is 10.4 Å². The third-order valence-corrected chi connectivity index (χ3v) is 3.80. The van der Waals surface area contributed by atoms with E-state index < -0.39 is 6.10 Å². The van der Waals surface area contributed by atoms with Gasteiger partial charge in [-0.15, -0.1) is 0 Å². The molecule has 0 radical (unpaired) electrons. The lowest BCUT2D eigenvalue weighted by Crippen LogP contribution is -2.30. The molecule has 0 bridgehead atoms. The van der Waals surface area contributed by atoms with Gasteiger partial charge in [0, 0.05) is 12.1 Å². The average Bonchev–Trinajstić information content (AvgIpc) is 2.68. The first-order chi connectivity index (χ1) is 10.3. The molecule has 1 atom stereocenters. The molecule has 1 aromatic heterocycles. The van der Waals surface area contributed by atoms with Crippen molar-refractivity contribution < 1.29 is 9.53 Å². The fraction of sp³-hybridized carbons (Fsp3) is 0.375. The normalized spacial score (nSPS) is 12.1. The van der Waals surface area contributed by atoms with Crippen LogP contribution in [-0.2, 0) is 11.8 Å². The summed E-state index contributed by atoms with van der Waals surface area (Å²) in [5, 5.41) is 7.80. The maximum Gasteiger partial charge on any atom is 0.265 e. The van der Waals surface area contributed by atoms with Gasteiger partial charge in [0.1, 0.15) is 5.75 Å². The van der Waals surface area contributed by atoms with Crippen LogP contribution in [0.1, 0.15) is 23.9 Å². The number of carbonyl (C=O) groups excluding carboxylic acids is 1. The Bertz CT molecular complexity index is 710. The van der Waals surface area contributed by atoms with Crippen LogP contribution in [-0.4, -0.2) is 21.8 Å². The van der Waals surface area contributed by atoms with E-state index in [9.17, 15) is 4.79 Å². The molecule has 1 heterocycles. The summed E-state index contributed by atoms with van der Waals surface area (Å²) in [6.07, 6.45) is -0.626. The molecule has 1 aromatic carbocycles. The van der Waals surface area contributed by atoms with Crippen LogP contribution in [0.2, 0.25) is 5.02 Å². The highest BCUT2D eigenvalue weighted by Gasteiger charge is 2.19. The summed E-state index contributed by atoms with van der Waals surface area (Å²) in [6, 6.07) is 5.31. The quantitative estimate of drug-likeness (QED) is 0.939. The maximum atomic E-state index is 12.3. The van der Waals surface area contributed by atoms with Crippen molar-refractivity contribution in [3.8, 4) is 5.75 Å². The third-order valence-electron chi connectivity index (χ3n) is 3.57. The predicted molar refractivity (Wildman–Crippen MR) is 87.6 cm³/mol. The van der Waals surface area contributed by atoms with Crippen LogP contribution in [0.3, 0.4) is 0 Å². The Labute approximate surface area is 135 Å². The number of halogens is 1. The Morgan fingerprint density at radius 1 is 1.36 bits per heavy atom. The number of aromatic nitrogens is 2. The number of anilines is 1. The number of ether oxygens (including phenoxy) is 1. The van der Waals surface area contributed by atoms with E-state index >= 15 is 0 Å². The fourth-order valence-electron chi connectivity index (χ4n) is 2.17. The molecule has 118 valence electrons. The Hall–Kier alpha value is -2.01. The van der Waals surface area contributed by atoms with Gasteiger partial charge >= 0.3 is 0 Å². The van der Waals surface area contributed by atoms with E-state index in [4.69, 9.17) is 16.3 Å². The summed E-state index contributed by atoms with van der Waals surface area (Å²) in [5.74, 6) is 0.431. The molecule has 0 spiro atoms. The van der Waals surface area contributed by atoms with Gasteiger partial charge in [-0.3, -0.25) is 9.48 Å². The minimum atomic E-state index is -0.626. The molecule has 2 rings (SSSR count). The molecule has 22 heavy (non-hydrogen) atoms. The molecule has 0 aliphatic rings. The van der Waals surface area contributed by atoms with Gasteiger partial charge in [-0.05, 0) is 51.5 Å². The highest BCUT2D eigenvalue weighted by Crippen LogP contribution is 2.24. The standard InChI is InChI=1S/C16H20ClN3O2/c1-9-8-13(17)6-7-14(9)22-12(4)16(21)18-15-10(2)19-20(5)11(15)3/h6-8,12H,1-5H3,(H,18,21). The van der Waals surface area contributed by atoms with Gasteiger partial charge in [0.25, 0.3) is 5.91 Å². The van der Waals surface area contributed by atoms with Crippen LogP contribution in [0, 0.1) is 20.8 Å². The zero-order valence-corrected chi connectivity index (χ0v) is 14.2. The molecule has 0 saturated carbocycles. The van der Waals surface area contributed by atoms with Crippen molar-refractivity contribution >= 4 is 23.2 Å². The minimum absolute atomic E-state index is 0.214. The number of carbonyl (C=O) groups is 1. The Balaban J connectivity index is 2.09. The van der Waals surface area contributed by atoms with E-state index in [0.29, 0.717) is 10.8 Å². The monoisotopic (exact) mass is 321 g/mol. The second-order valence-electron chi connectivity index (χ2n) is 5.33. The summed E-state index contributed by atoms with van der Waals surface area (Å²) in [4.78, 5) is 12.3. The summed E-state index contributed by atoms with van der Waals surface area (Å²) in [7, 11) is 1.84. The lowest BCUT2D eigenvalue weighted by molar-refractivity contribution is -0.122. The molecule has 0 saturated heterocycles. The van der Waals surface area contributed by atoms with E-state index in [0.717, 1.165) is 22.6 Å². The number of hydrogen-bond donors (Lipinski definition) is 1. The SMILES string of the molecule is Cc1cc(Cl)ccc1OC(C)C(=O)Nc1c(C)nn(C)c1C. The van der Waals surface area contributed by atoms with Crippen molar-refractivity contribution in [2.45, 2.75) is 33.8 Å². The molecule has 5 nitrogen and oxygen atoms in total. The van der Waals surface area contributed by atoms with Crippen molar-refractivity contribution in [1.82, 2.24) is 9.78 Å². The molecule has 1 unspecified atom stereocenters. The third kappa shape index (κ3) is 3.42. The van der Waals surface area contributed by atoms with Gasteiger partial charge in [-0.1, -0.05) is 11.6 Å². The van der Waals surface area contributed by atoms with Crippen molar-refractivity contribution in [3.05, 3.63) is 40.2 Å². The number of nitrogens with zero attached hydrogens (tertiary/aromatic N) is 2. The lowest BCUT2D eigenvalue weighted by Gasteiger charge is -2.16. The van der Waals surface area contributed by atoms with Crippen LogP contribution >= 0.6 is 11.6 Å². The Morgan fingerprint density at radius 3 is 2.59 bits per heavy atom. The molecule has 1 N–H and O–H groups in total. The second-order valence-corrected chi connectivity index (χ2v) is 5.77. The predicted octanol–water partition coefficient (Wildman–Crippen LogP) is 3.40. The second kappa shape index (κ2) is 6.40. The highest BCUT2D eigenvalue weighted by molar-refractivity contribution is 6.30. The van der Waals surface area contributed by atoms with Crippen molar-refractivity contribution in [3.63, 3.8) is 0 Å². The number of nitrogens with one attached hydrogen (secondary N) is 1. The summed E-state index contributed by atoms with van der Waals surface area (Å²) in [5.41, 5.74) is 3.31. The zero-order chi connectivity index (χ0) is 16.4. The molecule has 1 amide bonds. The lowest BCUT2D eigenvalue weighted by atomic mass is 10.2. The zero-order valence-electron chi connectivity index (χ0n) is 13.4. The first-order valence-corrected chi connectivity index (χ1v) is 7.41. The van der Waals surface area contributed by atoms with E-state index in [1.807, 2.05) is 27.8 Å². The summed E-state index contributed by atoms with van der Waals surface area (Å²) in [6.45, 7) is 7.37. The van der Waals surface area contributed by atoms with Gasteiger partial charge < -0.3 is 10.1 Å². The van der Waals surface area contributed by atoms with Crippen LogP contribution in [0.15, 0.2) is 18.2 Å². The smallest absolute Gasteiger partial charge is 0.265 e. The molecular weight excluding hydrogens is 302 g/mol. The Kier molecular flexibility index (Phi) is 4.76. The molecule has 0 aliphatic carbocycles. The van der Waals surface area contributed by atoms with Crippen LogP contribution in [0.4, 0.5) is 5.69 Å². The van der Waals surface area contributed by atoms with Gasteiger partial charge in [0.2, 0.25) is 0 Å². The highest BCUT2D eigenvalue weighted by atomic mass is 35.5. The molecule has 0 aliphatic heterocycles. The van der Waals surface area contributed by atoms with Gasteiger partial charge in [0.15, 0.2) is 6.10 Å². The number of rotatable bonds is 4. The van der Waals surface area contributed by atoms with Crippen molar-refractivity contribution in [2.24, 2.45) is 7.05 Å². The van der Waals surface area contributed by atoms with E-state index in [1.165, 1.54) is 0 Å². The number of aryl methyl sites for hydroxylation is 3. The van der Waals surface area contributed by atoms with Crippen LogP contribution < -0.4 is 10.1 Å². The maximum absolute atomic E-state index is 12.3. The average molecular weight is 322 g/mol. The van der Waals surface area contributed by atoms with Crippen molar-refractivity contribution in [2.75, 3.05) is 5.32 Å². The Morgan fingerprint density at radius 2 is 2.05 bits per heavy atom. The number of hydrogen-bond acceptors (Lipinski definition) is 3. The van der Waals surface area contributed by atoms with Crippen molar-refractivity contribution in [1.29, 1.82) is 0 Å². The number of amides is 1. The van der Waals surface area contributed by atoms with E-state index in [1.54, 1.807) is 29.8 Å². The van der Waals surface area contributed by atoms with Crippen LogP contribution in [0.5, 0.6) is 5.75 Å². The fourth-order valence-corrected chi connectivity index (χ4v) is 2.40. The van der Waals surface area contributed by atoms with Crippen LogP contribution in [0.25, 0.3) is 0 Å². The van der Waals surface area contributed by atoms with E-state index in [-0.39, 0.29) is 5.91 Å². The van der Waals surface area contributed by atoms with Gasteiger partial charge in [-0.2, -0.15) is 5.10 Å². The largest absolute Gasteiger partial charge is 0.481 e. The summed E-state index contributed by atoms with van der Waals surface area (Å²) >= 11 is 5.92. The number of benzene rings is 1. The van der Waals surface area contributed by atoms with Gasteiger partial charge in [-0.25, -0.2) is 0 Å². The minimum Gasteiger partial charge on any atom is -0.481 e. The molecule has 6 heteroatoms.